The van der Waals surface area contributed by atoms with Gasteiger partial charge in [0.25, 0.3) is 0 Å². The van der Waals surface area contributed by atoms with Crippen molar-refractivity contribution in [2.45, 2.75) is 11.5 Å². The fourth-order valence-electron chi connectivity index (χ4n) is 1.31. The zero-order valence-corrected chi connectivity index (χ0v) is 7.58. The summed E-state index contributed by atoms with van der Waals surface area (Å²) < 4.78 is 25.0. The standard InChI is InChI=1S/C9H8O3S/c10-13(11)9-3-1-2-7-6-12-5-4-8(7)9/h1-5H,6H2,(H,10,11). The van der Waals surface area contributed by atoms with E-state index < -0.39 is 11.1 Å². The Kier molecular flexibility index (Phi) is 2.16. The first-order valence-electron chi connectivity index (χ1n) is 3.80. The fourth-order valence-corrected chi connectivity index (χ4v) is 1.89. The van der Waals surface area contributed by atoms with Crippen LogP contribution in [0.2, 0.25) is 0 Å². The Morgan fingerprint density at radius 2 is 2.31 bits per heavy atom. The molecule has 0 amide bonds. The third-order valence-electron chi connectivity index (χ3n) is 1.91. The summed E-state index contributed by atoms with van der Waals surface area (Å²) in [6, 6.07) is 5.28. The quantitative estimate of drug-likeness (QED) is 0.696. The van der Waals surface area contributed by atoms with Crippen LogP contribution in [0.15, 0.2) is 29.4 Å². The van der Waals surface area contributed by atoms with Crippen LogP contribution in [-0.2, 0) is 22.4 Å². The van der Waals surface area contributed by atoms with Crippen molar-refractivity contribution in [1.82, 2.24) is 0 Å². The van der Waals surface area contributed by atoms with Crippen LogP contribution >= 0.6 is 0 Å². The molecule has 1 aliphatic rings. The minimum Gasteiger partial charge on any atom is -0.496 e. The molecule has 1 aromatic carbocycles. The van der Waals surface area contributed by atoms with E-state index in [4.69, 9.17) is 9.29 Å². The highest BCUT2D eigenvalue weighted by Crippen LogP contribution is 2.23. The van der Waals surface area contributed by atoms with E-state index in [2.05, 4.69) is 0 Å². The van der Waals surface area contributed by atoms with E-state index in [0.717, 1.165) is 11.1 Å². The van der Waals surface area contributed by atoms with Crippen LogP contribution in [0.25, 0.3) is 6.08 Å². The van der Waals surface area contributed by atoms with Crippen LogP contribution in [-0.4, -0.2) is 8.76 Å². The Bertz CT molecular complexity index is 384. The van der Waals surface area contributed by atoms with E-state index in [9.17, 15) is 4.21 Å². The molecule has 2 rings (SSSR count). The first-order chi connectivity index (χ1) is 6.29. The summed E-state index contributed by atoms with van der Waals surface area (Å²) in [6.07, 6.45) is 3.25. The van der Waals surface area contributed by atoms with Crippen LogP contribution in [0.4, 0.5) is 0 Å². The summed E-state index contributed by atoms with van der Waals surface area (Å²) in [5.41, 5.74) is 1.75. The molecule has 0 aromatic heterocycles. The molecule has 0 radical (unpaired) electrons. The maximum Gasteiger partial charge on any atom is 0.187 e. The van der Waals surface area contributed by atoms with E-state index in [1.165, 1.54) is 0 Å². The first-order valence-corrected chi connectivity index (χ1v) is 4.90. The van der Waals surface area contributed by atoms with Crippen LogP contribution in [0.1, 0.15) is 11.1 Å². The van der Waals surface area contributed by atoms with Gasteiger partial charge in [-0.05, 0) is 17.7 Å². The normalized spacial score (nSPS) is 16.1. The summed E-state index contributed by atoms with van der Waals surface area (Å²) in [7, 11) is 0. The molecule has 0 fully saturated rings. The molecule has 1 atom stereocenters. The highest BCUT2D eigenvalue weighted by molar-refractivity contribution is 7.79. The van der Waals surface area contributed by atoms with E-state index in [1.54, 1.807) is 24.5 Å². The van der Waals surface area contributed by atoms with Gasteiger partial charge in [0, 0.05) is 5.56 Å². The van der Waals surface area contributed by atoms with Crippen LogP contribution in [0.3, 0.4) is 0 Å². The molecule has 1 aliphatic heterocycles. The van der Waals surface area contributed by atoms with Gasteiger partial charge >= 0.3 is 0 Å². The molecule has 1 aromatic rings. The van der Waals surface area contributed by atoms with Crippen molar-refractivity contribution < 1.29 is 13.5 Å². The van der Waals surface area contributed by atoms with Crippen molar-refractivity contribution in [1.29, 1.82) is 0 Å². The highest BCUT2D eigenvalue weighted by atomic mass is 32.2. The number of rotatable bonds is 1. The average Bonchev–Trinajstić information content (AvgIpc) is 2.17. The third-order valence-corrected chi connectivity index (χ3v) is 2.65. The summed E-state index contributed by atoms with van der Waals surface area (Å²) in [5.74, 6) is 0. The van der Waals surface area contributed by atoms with Gasteiger partial charge in [0.05, 0.1) is 11.2 Å². The van der Waals surface area contributed by atoms with E-state index in [-0.39, 0.29) is 0 Å². The zero-order chi connectivity index (χ0) is 9.26. The lowest BCUT2D eigenvalue weighted by Crippen LogP contribution is -2.01. The maximum atomic E-state index is 10.9. The number of benzene rings is 1. The lowest BCUT2D eigenvalue weighted by Gasteiger charge is -2.13. The summed E-state index contributed by atoms with van der Waals surface area (Å²) >= 11 is -1.93. The number of hydrogen-bond donors (Lipinski definition) is 1. The van der Waals surface area contributed by atoms with E-state index in [0.29, 0.717) is 11.5 Å². The Balaban J connectivity index is 2.60. The monoisotopic (exact) mass is 196 g/mol. The molecule has 3 nitrogen and oxygen atoms in total. The third kappa shape index (κ3) is 1.50. The van der Waals surface area contributed by atoms with Gasteiger partial charge in [-0.25, -0.2) is 4.21 Å². The van der Waals surface area contributed by atoms with Gasteiger partial charge in [-0.3, -0.25) is 0 Å². The van der Waals surface area contributed by atoms with Gasteiger partial charge in [-0.1, -0.05) is 12.1 Å². The van der Waals surface area contributed by atoms with Gasteiger partial charge in [0.1, 0.15) is 6.61 Å². The lowest BCUT2D eigenvalue weighted by molar-refractivity contribution is 0.234. The van der Waals surface area contributed by atoms with E-state index in [1.807, 2.05) is 6.07 Å². The van der Waals surface area contributed by atoms with Crippen molar-refractivity contribution in [3.63, 3.8) is 0 Å². The molecule has 0 saturated carbocycles. The largest absolute Gasteiger partial charge is 0.496 e. The van der Waals surface area contributed by atoms with Crippen molar-refractivity contribution in [2.24, 2.45) is 0 Å². The fraction of sp³-hybridized carbons (Fsp3) is 0.111. The minimum atomic E-state index is -1.93. The molecule has 13 heavy (non-hydrogen) atoms. The molecular weight excluding hydrogens is 188 g/mol. The Morgan fingerprint density at radius 3 is 3.08 bits per heavy atom. The molecular formula is C9H8O3S. The predicted octanol–water partition coefficient (Wildman–Crippen LogP) is 1.77. The second kappa shape index (κ2) is 3.32. The molecule has 0 spiro atoms. The summed E-state index contributed by atoms with van der Waals surface area (Å²) in [5, 5.41) is 0. The van der Waals surface area contributed by atoms with Crippen molar-refractivity contribution >= 4 is 17.2 Å². The Morgan fingerprint density at radius 1 is 1.46 bits per heavy atom. The lowest BCUT2D eigenvalue weighted by atomic mass is 10.1. The topological polar surface area (TPSA) is 46.5 Å². The molecule has 0 bridgehead atoms. The van der Waals surface area contributed by atoms with Crippen molar-refractivity contribution in [3.8, 4) is 0 Å². The van der Waals surface area contributed by atoms with Gasteiger partial charge in [-0.2, -0.15) is 0 Å². The van der Waals surface area contributed by atoms with Gasteiger partial charge in [0.2, 0.25) is 0 Å². The van der Waals surface area contributed by atoms with Crippen LogP contribution in [0, 0.1) is 0 Å². The molecule has 1 unspecified atom stereocenters. The second-order valence-corrected chi connectivity index (χ2v) is 3.63. The number of hydrogen-bond acceptors (Lipinski definition) is 2. The molecule has 4 heteroatoms. The predicted molar refractivity (Wildman–Crippen MR) is 49.3 cm³/mol. The molecule has 1 N–H and O–H groups in total. The van der Waals surface area contributed by atoms with Crippen LogP contribution in [0.5, 0.6) is 0 Å². The van der Waals surface area contributed by atoms with E-state index >= 15 is 0 Å². The number of fused-ring (bicyclic) bond motifs is 1. The summed E-state index contributed by atoms with van der Waals surface area (Å²) in [6.45, 7) is 0.469. The van der Waals surface area contributed by atoms with Gasteiger partial charge < -0.3 is 9.29 Å². The molecule has 68 valence electrons. The average molecular weight is 196 g/mol. The van der Waals surface area contributed by atoms with Gasteiger partial charge in [-0.15, -0.1) is 0 Å². The first kappa shape index (κ1) is 8.47. The second-order valence-electron chi connectivity index (χ2n) is 2.69. The number of ether oxygens (including phenoxy) is 1. The zero-order valence-electron chi connectivity index (χ0n) is 6.77. The van der Waals surface area contributed by atoms with Crippen LogP contribution < -0.4 is 0 Å². The van der Waals surface area contributed by atoms with Gasteiger partial charge in [0.15, 0.2) is 11.1 Å². The van der Waals surface area contributed by atoms with Crippen molar-refractivity contribution in [2.75, 3.05) is 0 Å². The Labute approximate surface area is 78.3 Å². The van der Waals surface area contributed by atoms with Crippen molar-refractivity contribution in [3.05, 3.63) is 35.6 Å². The molecule has 0 saturated heterocycles. The summed E-state index contributed by atoms with van der Waals surface area (Å²) in [4.78, 5) is 0.442. The maximum absolute atomic E-state index is 10.9. The molecule has 1 heterocycles. The highest BCUT2D eigenvalue weighted by Gasteiger charge is 2.12. The Hall–Kier alpha value is -1.13. The minimum absolute atomic E-state index is 0.442. The molecule has 0 aliphatic carbocycles. The SMILES string of the molecule is O=S(O)c1cccc2c1C=COC2. The smallest absolute Gasteiger partial charge is 0.187 e.